The first-order chi connectivity index (χ1) is 7.64. The van der Waals surface area contributed by atoms with Crippen molar-refractivity contribution < 1.29 is 8.42 Å². The van der Waals surface area contributed by atoms with Crippen molar-refractivity contribution in [2.75, 3.05) is 31.9 Å². The molecule has 0 atom stereocenters. The molecule has 0 saturated carbocycles. The molecule has 0 amide bonds. The minimum atomic E-state index is -2.94. The number of nitrogens with two attached hydrogens (primary N) is 1. The van der Waals surface area contributed by atoms with Gasteiger partial charge >= 0.3 is 0 Å². The summed E-state index contributed by atoms with van der Waals surface area (Å²) in [5.74, 6) is 0.235. The van der Waals surface area contributed by atoms with Crippen molar-refractivity contribution in [3.8, 4) is 0 Å². The summed E-state index contributed by atoms with van der Waals surface area (Å²) in [5.41, 5.74) is 5.73. The Morgan fingerprint density at radius 1 is 1.29 bits per heavy atom. The molecule has 0 spiro atoms. The van der Waals surface area contributed by atoms with E-state index >= 15 is 0 Å². The fraction of sp³-hybridized carbons (Fsp3) is 1.00. The molecule has 0 bridgehead atoms. The predicted molar refractivity (Wildman–Crippen MR) is 73.9 cm³/mol. The summed E-state index contributed by atoms with van der Waals surface area (Å²) in [6, 6.07) is 0. The maximum absolute atomic E-state index is 11.7. The third-order valence-electron chi connectivity index (χ3n) is 3.06. The standard InChI is InChI=1S/C12H28N2O2S/c1-6-14(10-12(4,5)9-13)7-8-17(15,16)11(2)3/h11H,6-10,13H2,1-5H3. The van der Waals surface area contributed by atoms with Crippen molar-refractivity contribution in [2.24, 2.45) is 11.1 Å². The lowest BCUT2D eigenvalue weighted by atomic mass is 9.93. The summed E-state index contributed by atoms with van der Waals surface area (Å²) in [6.45, 7) is 12.6. The number of hydrogen-bond donors (Lipinski definition) is 1. The molecule has 104 valence electrons. The minimum absolute atomic E-state index is 0.0393. The Labute approximate surface area is 106 Å². The molecule has 0 aromatic rings. The smallest absolute Gasteiger partial charge is 0.153 e. The summed E-state index contributed by atoms with van der Waals surface area (Å²) in [7, 11) is -2.94. The third kappa shape index (κ3) is 6.38. The summed E-state index contributed by atoms with van der Waals surface area (Å²) in [5, 5.41) is -0.288. The summed E-state index contributed by atoms with van der Waals surface area (Å²) in [6.07, 6.45) is 0. The molecular formula is C12H28N2O2S. The summed E-state index contributed by atoms with van der Waals surface area (Å²) >= 11 is 0. The molecule has 0 aliphatic heterocycles. The van der Waals surface area contributed by atoms with Gasteiger partial charge in [-0.15, -0.1) is 0 Å². The highest BCUT2D eigenvalue weighted by molar-refractivity contribution is 7.92. The second-order valence-corrected chi connectivity index (χ2v) is 8.33. The van der Waals surface area contributed by atoms with Crippen LogP contribution in [0.3, 0.4) is 0 Å². The fourth-order valence-corrected chi connectivity index (χ4v) is 2.49. The zero-order chi connectivity index (χ0) is 13.7. The van der Waals surface area contributed by atoms with E-state index < -0.39 is 9.84 Å². The molecule has 2 N–H and O–H groups in total. The molecule has 0 saturated heterocycles. The van der Waals surface area contributed by atoms with Gasteiger partial charge in [0.1, 0.15) is 0 Å². The highest BCUT2D eigenvalue weighted by Gasteiger charge is 2.22. The average Bonchev–Trinajstić information content (AvgIpc) is 2.24. The van der Waals surface area contributed by atoms with Crippen molar-refractivity contribution in [3.63, 3.8) is 0 Å². The van der Waals surface area contributed by atoms with Crippen LogP contribution in [0.5, 0.6) is 0 Å². The van der Waals surface area contributed by atoms with Gasteiger partial charge in [0.05, 0.1) is 11.0 Å². The van der Waals surface area contributed by atoms with Gasteiger partial charge in [0.25, 0.3) is 0 Å². The molecule has 4 nitrogen and oxygen atoms in total. The maximum Gasteiger partial charge on any atom is 0.153 e. The quantitative estimate of drug-likeness (QED) is 0.713. The molecule has 0 fully saturated rings. The Morgan fingerprint density at radius 3 is 2.18 bits per heavy atom. The molecule has 0 heterocycles. The first-order valence-electron chi connectivity index (χ1n) is 6.28. The number of rotatable bonds is 8. The lowest BCUT2D eigenvalue weighted by Gasteiger charge is -2.31. The normalized spacial score (nSPS) is 13.6. The highest BCUT2D eigenvalue weighted by Crippen LogP contribution is 2.15. The van der Waals surface area contributed by atoms with Crippen LogP contribution in [-0.2, 0) is 9.84 Å². The molecule has 0 aromatic carbocycles. The van der Waals surface area contributed by atoms with E-state index in [2.05, 4.69) is 25.7 Å². The number of sulfone groups is 1. The zero-order valence-corrected chi connectivity index (χ0v) is 12.7. The van der Waals surface area contributed by atoms with E-state index in [1.54, 1.807) is 13.8 Å². The van der Waals surface area contributed by atoms with Gasteiger partial charge in [-0.3, -0.25) is 0 Å². The van der Waals surface area contributed by atoms with E-state index in [-0.39, 0.29) is 16.4 Å². The Morgan fingerprint density at radius 2 is 1.82 bits per heavy atom. The Bertz CT molecular complexity index is 310. The van der Waals surface area contributed by atoms with Crippen LogP contribution in [0.4, 0.5) is 0 Å². The SMILES string of the molecule is CCN(CCS(=O)(=O)C(C)C)CC(C)(C)CN. The van der Waals surface area contributed by atoms with Gasteiger partial charge in [-0.1, -0.05) is 20.8 Å². The Hall–Kier alpha value is -0.130. The van der Waals surface area contributed by atoms with E-state index in [1.807, 2.05) is 0 Å². The predicted octanol–water partition coefficient (Wildman–Crippen LogP) is 1.12. The molecule has 17 heavy (non-hydrogen) atoms. The second-order valence-electron chi connectivity index (χ2n) is 5.65. The van der Waals surface area contributed by atoms with Crippen molar-refractivity contribution >= 4 is 9.84 Å². The summed E-state index contributed by atoms with van der Waals surface area (Å²) < 4.78 is 23.5. The van der Waals surface area contributed by atoms with Crippen LogP contribution in [-0.4, -0.2) is 50.5 Å². The van der Waals surface area contributed by atoms with Crippen molar-refractivity contribution in [3.05, 3.63) is 0 Å². The van der Waals surface area contributed by atoms with Crippen LogP contribution < -0.4 is 5.73 Å². The lowest BCUT2D eigenvalue weighted by Crippen LogP contribution is -2.41. The topological polar surface area (TPSA) is 63.4 Å². The van der Waals surface area contributed by atoms with Crippen molar-refractivity contribution in [1.29, 1.82) is 0 Å². The van der Waals surface area contributed by atoms with Crippen molar-refractivity contribution in [1.82, 2.24) is 4.90 Å². The van der Waals surface area contributed by atoms with Gasteiger partial charge in [0.2, 0.25) is 0 Å². The van der Waals surface area contributed by atoms with Crippen LogP contribution in [0.2, 0.25) is 0 Å². The van der Waals surface area contributed by atoms with E-state index in [9.17, 15) is 8.42 Å². The van der Waals surface area contributed by atoms with Gasteiger partial charge in [-0.2, -0.15) is 0 Å². The van der Waals surface area contributed by atoms with Gasteiger partial charge in [-0.05, 0) is 32.4 Å². The second kappa shape index (κ2) is 6.71. The van der Waals surface area contributed by atoms with Crippen LogP contribution in [0, 0.1) is 5.41 Å². The molecule has 0 rings (SSSR count). The number of nitrogens with zero attached hydrogens (tertiary/aromatic N) is 1. The molecule has 0 radical (unpaired) electrons. The molecule has 0 aliphatic carbocycles. The molecule has 0 aliphatic rings. The third-order valence-corrected chi connectivity index (χ3v) is 5.25. The number of hydrogen-bond acceptors (Lipinski definition) is 4. The average molecular weight is 264 g/mol. The van der Waals surface area contributed by atoms with Crippen LogP contribution in [0.1, 0.15) is 34.6 Å². The first kappa shape index (κ1) is 16.9. The van der Waals surface area contributed by atoms with Gasteiger partial charge in [0, 0.05) is 13.1 Å². The zero-order valence-electron chi connectivity index (χ0n) is 11.9. The van der Waals surface area contributed by atoms with Crippen LogP contribution in [0.15, 0.2) is 0 Å². The van der Waals surface area contributed by atoms with E-state index in [1.165, 1.54) is 0 Å². The monoisotopic (exact) mass is 264 g/mol. The fourth-order valence-electron chi connectivity index (χ4n) is 1.51. The first-order valence-corrected chi connectivity index (χ1v) is 8.00. The molecule has 0 aromatic heterocycles. The molecule has 5 heteroatoms. The van der Waals surface area contributed by atoms with E-state index in [0.717, 1.165) is 13.1 Å². The van der Waals surface area contributed by atoms with Crippen LogP contribution in [0.25, 0.3) is 0 Å². The van der Waals surface area contributed by atoms with Gasteiger partial charge in [-0.25, -0.2) is 8.42 Å². The highest BCUT2D eigenvalue weighted by atomic mass is 32.2. The molecule has 0 unspecified atom stereocenters. The Balaban J connectivity index is 4.35. The van der Waals surface area contributed by atoms with Crippen LogP contribution >= 0.6 is 0 Å². The van der Waals surface area contributed by atoms with E-state index in [0.29, 0.717) is 13.1 Å². The lowest BCUT2D eigenvalue weighted by molar-refractivity contribution is 0.198. The Kier molecular flexibility index (Phi) is 6.66. The molecular weight excluding hydrogens is 236 g/mol. The largest absolute Gasteiger partial charge is 0.330 e. The van der Waals surface area contributed by atoms with Crippen molar-refractivity contribution in [2.45, 2.75) is 39.9 Å². The minimum Gasteiger partial charge on any atom is -0.330 e. The summed E-state index contributed by atoms with van der Waals surface area (Å²) in [4.78, 5) is 2.16. The maximum atomic E-state index is 11.7. The van der Waals surface area contributed by atoms with Gasteiger partial charge < -0.3 is 10.6 Å². The van der Waals surface area contributed by atoms with Gasteiger partial charge in [0.15, 0.2) is 9.84 Å². The van der Waals surface area contributed by atoms with E-state index in [4.69, 9.17) is 5.73 Å².